The molecular weight excluding hydrogens is 1290 g/mol. The fourth-order valence-electron chi connectivity index (χ4n) is 14.7. The number of hydrogen-bond acceptors (Lipinski definition) is 2. The summed E-state index contributed by atoms with van der Waals surface area (Å²) in [4.78, 5) is 0. The lowest BCUT2D eigenvalue weighted by Gasteiger charge is -2.29. The third-order valence-electron chi connectivity index (χ3n) is 20.1. The Morgan fingerprint density at radius 2 is 0.457 bits per heavy atom. The maximum absolute atomic E-state index is 15.6. The number of hydrogen-bond donors (Lipinski definition) is 0. The Hall–Kier alpha value is -13.1. The molecule has 0 spiro atoms. The molecule has 0 radical (unpaired) electrons. The van der Waals surface area contributed by atoms with Crippen molar-refractivity contribution in [2.24, 2.45) is 0 Å². The summed E-state index contributed by atoms with van der Waals surface area (Å²) in [6.07, 6.45) is -4.74. The largest absolute Gasteiger partial charge is 0.497 e. The molecule has 0 fully saturated rings. The molecular formula is C100H71F3O2. The van der Waals surface area contributed by atoms with Crippen molar-refractivity contribution < 1.29 is 22.6 Å². The average Bonchev–Trinajstić information content (AvgIpc) is 0.724. The van der Waals surface area contributed by atoms with Crippen molar-refractivity contribution in [2.45, 2.75) is 20.0 Å². The maximum Gasteiger partial charge on any atom is 0.420 e. The molecule has 0 heterocycles. The van der Waals surface area contributed by atoms with Crippen molar-refractivity contribution in [1.29, 1.82) is 0 Å². The number of aryl methyl sites for hydroxylation is 2. The van der Waals surface area contributed by atoms with Gasteiger partial charge in [-0.3, -0.25) is 0 Å². The summed E-state index contributed by atoms with van der Waals surface area (Å²) in [5.74, 6) is 0.809. The van der Waals surface area contributed by atoms with Gasteiger partial charge in [0.15, 0.2) is 0 Å². The second-order valence-corrected chi connectivity index (χ2v) is 26.5. The van der Waals surface area contributed by atoms with Crippen molar-refractivity contribution in [3.05, 3.63) is 393 Å². The van der Waals surface area contributed by atoms with Crippen molar-refractivity contribution in [2.75, 3.05) is 7.11 Å². The highest BCUT2D eigenvalue weighted by molar-refractivity contribution is 6.15. The highest BCUT2D eigenvalue weighted by Crippen LogP contribution is 2.57. The second kappa shape index (κ2) is 29.1. The zero-order valence-electron chi connectivity index (χ0n) is 58.2. The maximum atomic E-state index is 15.6. The van der Waals surface area contributed by atoms with E-state index in [1.165, 1.54) is 23.3 Å². The Morgan fingerprint density at radius 1 is 0.210 bits per heavy atom. The molecule has 0 N–H and O–H groups in total. The van der Waals surface area contributed by atoms with Gasteiger partial charge < -0.3 is 9.47 Å². The molecule has 504 valence electrons. The normalized spacial score (nSPS) is 11.3. The van der Waals surface area contributed by atoms with Crippen LogP contribution in [-0.2, 0) is 6.18 Å². The average molecular weight is 1360 g/mol. The lowest BCUT2D eigenvalue weighted by molar-refractivity contribution is -0.138. The number of alkyl halides is 3. The Balaban J connectivity index is 0.734. The van der Waals surface area contributed by atoms with E-state index in [9.17, 15) is 0 Å². The van der Waals surface area contributed by atoms with Gasteiger partial charge in [-0.1, -0.05) is 340 Å². The molecule has 2 nitrogen and oxygen atoms in total. The highest BCUT2D eigenvalue weighted by atomic mass is 19.4. The molecule has 0 aliphatic heterocycles. The molecule has 16 aromatic carbocycles. The van der Waals surface area contributed by atoms with Crippen molar-refractivity contribution >= 4 is 0 Å². The third-order valence-corrected chi connectivity index (χ3v) is 20.1. The van der Waals surface area contributed by atoms with Gasteiger partial charge >= 0.3 is 6.18 Å². The van der Waals surface area contributed by atoms with Crippen LogP contribution in [0.2, 0.25) is 0 Å². The Bertz CT molecular complexity index is 5620. The van der Waals surface area contributed by atoms with Crippen LogP contribution < -0.4 is 9.47 Å². The zero-order valence-corrected chi connectivity index (χ0v) is 58.2. The van der Waals surface area contributed by atoms with Gasteiger partial charge in [-0.25, -0.2) is 0 Å². The first-order valence-corrected chi connectivity index (χ1v) is 35.4. The van der Waals surface area contributed by atoms with Gasteiger partial charge in [-0.05, 0) is 217 Å². The summed E-state index contributed by atoms with van der Waals surface area (Å²) in [7, 11) is 1.68. The topological polar surface area (TPSA) is 18.5 Å². The Morgan fingerprint density at radius 3 is 0.771 bits per heavy atom. The van der Waals surface area contributed by atoms with Crippen LogP contribution in [0, 0.1) is 13.8 Å². The summed E-state index contributed by atoms with van der Waals surface area (Å²) in [5, 5.41) is 0. The minimum Gasteiger partial charge on any atom is -0.497 e. The zero-order chi connectivity index (χ0) is 71.4. The third kappa shape index (κ3) is 13.6. The number of ether oxygens (including phenoxy) is 2. The molecule has 0 unspecified atom stereocenters. The van der Waals surface area contributed by atoms with Gasteiger partial charge in [0.1, 0.15) is 17.2 Å². The van der Waals surface area contributed by atoms with Gasteiger partial charge in [0.25, 0.3) is 0 Å². The van der Waals surface area contributed by atoms with Gasteiger partial charge in [-0.2, -0.15) is 13.2 Å². The molecule has 0 amide bonds. The summed E-state index contributed by atoms with van der Waals surface area (Å²) in [5.41, 5.74) is 30.1. The first-order valence-electron chi connectivity index (χ1n) is 35.4. The van der Waals surface area contributed by atoms with Crippen LogP contribution in [0.3, 0.4) is 0 Å². The van der Waals surface area contributed by atoms with E-state index in [1.807, 2.05) is 60.7 Å². The van der Waals surface area contributed by atoms with Gasteiger partial charge in [0, 0.05) is 0 Å². The Kier molecular flexibility index (Phi) is 18.4. The van der Waals surface area contributed by atoms with Crippen molar-refractivity contribution in [3.8, 4) is 173 Å². The molecule has 0 aliphatic carbocycles. The molecule has 0 bridgehead atoms. The number of benzene rings is 16. The number of rotatable bonds is 17. The van der Waals surface area contributed by atoms with Crippen LogP contribution in [-0.4, -0.2) is 7.11 Å². The van der Waals surface area contributed by atoms with Gasteiger partial charge in [0.2, 0.25) is 0 Å². The predicted molar refractivity (Wildman–Crippen MR) is 430 cm³/mol. The van der Waals surface area contributed by atoms with Crippen LogP contribution in [0.1, 0.15) is 16.7 Å². The molecule has 0 aliphatic rings. The van der Waals surface area contributed by atoms with Crippen LogP contribution in [0.5, 0.6) is 17.2 Å². The van der Waals surface area contributed by atoms with Crippen molar-refractivity contribution in [1.82, 2.24) is 0 Å². The van der Waals surface area contributed by atoms with Crippen molar-refractivity contribution in [3.63, 3.8) is 0 Å². The molecule has 0 saturated carbocycles. The van der Waals surface area contributed by atoms with Gasteiger partial charge in [-0.15, -0.1) is 0 Å². The van der Waals surface area contributed by atoms with E-state index in [4.69, 9.17) is 9.47 Å². The van der Waals surface area contributed by atoms with E-state index in [0.717, 1.165) is 150 Å². The van der Waals surface area contributed by atoms with E-state index in [1.54, 1.807) is 25.3 Å². The predicted octanol–water partition coefficient (Wildman–Crippen LogP) is 28.5. The molecule has 0 saturated heterocycles. The summed E-state index contributed by atoms with van der Waals surface area (Å²) in [6.45, 7) is 4.30. The summed E-state index contributed by atoms with van der Waals surface area (Å²) in [6, 6.07) is 128. The highest BCUT2D eigenvalue weighted by Gasteiger charge is 2.36. The Labute approximate surface area is 611 Å². The lowest BCUT2D eigenvalue weighted by atomic mass is 9.74. The number of halogens is 3. The van der Waals surface area contributed by atoms with Crippen LogP contribution >= 0.6 is 0 Å². The molecule has 105 heavy (non-hydrogen) atoms. The molecule has 0 atom stereocenters. The van der Waals surface area contributed by atoms with Crippen LogP contribution in [0.25, 0.3) is 156 Å². The molecule has 0 aromatic heterocycles. The quantitative estimate of drug-likeness (QED) is 0.0905. The van der Waals surface area contributed by atoms with E-state index < -0.39 is 11.7 Å². The minimum atomic E-state index is -4.74. The standard InChI is InChI=1S/C100H71F3O2/c1-66-34-35-84(64-67(66)2)72-40-48-82(49-41-72)98-94(78-26-14-6-15-27-78)96(80-30-18-8-19-31-80)99(97(81-32-20-9-21-33-81)95(98)79-28-16-7-17-29-79)83-50-42-73(43-51-83)85-56-63-91(90(65-85)100(101,102)103)105-87-59-54-71(55-60-87)69-38-46-75(47-39-69)89-62-61-88(74-44-36-68(37-45-74)70-52-57-86(104-3)58-53-70)92(76-22-10-4-11-23-76)93(89)77-24-12-5-13-25-77/h4-65H,1-3H3. The van der Waals surface area contributed by atoms with Crippen LogP contribution in [0.15, 0.2) is 376 Å². The smallest absolute Gasteiger partial charge is 0.420 e. The summed E-state index contributed by atoms with van der Waals surface area (Å²) >= 11 is 0. The SMILES string of the molecule is COc1ccc(-c2ccc(-c3ccc(-c4ccc(-c5ccc(Oc6ccc(-c7ccc(-c8c(-c9ccccc9)c(-c9ccccc9)c(-c9ccc(-c%10ccc(C)c(C)c%10)cc9)c(-c9ccccc9)c8-c8ccccc8)cc7)cc6C(F)(F)F)cc5)cc4)c(-c4ccccc4)c3-c3ccccc3)cc2)cc1. The number of methoxy groups -OCH3 is 1. The fourth-order valence-corrected chi connectivity index (χ4v) is 14.7. The first kappa shape index (κ1) is 66.5. The monoisotopic (exact) mass is 1360 g/mol. The first-order chi connectivity index (χ1) is 51.5. The van der Waals surface area contributed by atoms with Crippen LogP contribution in [0.4, 0.5) is 13.2 Å². The van der Waals surface area contributed by atoms with E-state index in [0.29, 0.717) is 11.1 Å². The molecule has 16 aromatic rings. The second-order valence-electron chi connectivity index (χ2n) is 26.5. The fraction of sp³-hybridized carbons (Fsp3) is 0.0400. The molecule has 5 heteroatoms. The van der Waals surface area contributed by atoms with E-state index in [2.05, 4.69) is 299 Å². The molecule has 16 rings (SSSR count). The lowest BCUT2D eigenvalue weighted by Crippen LogP contribution is -2.07. The summed E-state index contributed by atoms with van der Waals surface area (Å²) < 4.78 is 58.3. The van der Waals surface area contributed by atoms with E-state index in [-0.39, 0.29) is 11.5 Å². The van der Waals surface area contributed by atoms with E-state index >= 15 is 13.2 Å². The minimum absolute atomic E-state index is 0.280. The van der Waals surface area contributed by atoms with Gasteiger partial charge in [0.05, 0.1) is 12.7 Å².